The van der Waals surface area contributed by atoms with Crippen LogP contribution in [0.25, 0.3) is 0 Å². The summed E-state index contributed by atoms with van der Waals surface area (Å²) >= 11 is 0. The predicted molar refractivity (Wildman–Crippen MR) is 89.1 cm³/mol. The summed E-state index contributed by atoms with van der Waals surface area (Å²) in [6, 6.07) is 8.06. The number of Topliss-reactive ketones (excluding diaryl/α,β-unsaturated/α-hetero) is 1. The minimum Gasteiger partial charge on any atom is -0.343 e. The smallest absolute Gasteiger partial charge is 0.222 e. The molecule has 1 aliphatic rings. The number of ketones is 1. The van der Waals surface area contributed by atoms with Gasteiger partial charge in [0.15, 0.2) is 5.78 Å². The van der Waals surface area contributed by atoms with E-state index < -0.39 is 0 Å². The summed E-state index contributed by atoms with van der Waals surface area (Å²) in [6.45, 7) is 7.60. The van der Waals surface area contributed by atoms with Crippen LogP contribution < -0.4 is 0 Å². The Morgan fingerprint density at radius 3 is 2.50 bits per heavy atom. The zero-order valence-corrected chi connectivity index (χ0v) is 14.0. The fourth-order valence-corrected chi connectivity index (χ4v) is 3.11. The van der Waals surface area contributed by atoms with Crippen LogP contribution in [0, 0.1) is 5.92 Å². The van der Waals surface area contributed by atoms with Crippen LogP contribution >= 0.6 is 0 Å². The van der Waals surface area contributed by atoms with Crippen LogP contribution in [0.15, 0.2) is 24.3 Å². The van der Waals surface area contributed by atoms with E-state index in [-0.39, 0.29) is 17.6 Å². The number of carbonyl (C=O) groups is 2. The van der Waals surface area contributed by atoms with Gasteiger partial charge in [-0.1, -0.05) is 39.0 Å². The number of hydrogen-bond acceptors (Lipinski definition) is 2. The molecule has 0 spiro atoms. The van der Waals surface area contributed by atoms with Gasteiger partial charge >= 0.3 is 0 Å². The molecule has 0 aromatic heterocycles. The Kier molecular flexibility index (Phi) is 5.76. The number of piperidine rings is 1. The van der Waals surface area contributed by atoms with Crippen molar-refractivity contribution >= 4 is 11.7 Å². The maximum atomic E-state index is 12.1. The molecular weight excluding hydrogens is 274 g/mol. The second-order valence-electron chi connectivity index (χ2n) is 6.55. The molecule has 0 bridgehead atoms. The van der Waals surface area contributed by atoms with Gasteiger partial charge < -0.3 is 4.90 Å². The standard InChI is InChI=1S/C19H27NO2/c1-4-6-18(21)20-11-9-15(10-12-20)16-7-5-8-17(13-16)19(22)14(2)3/h5,7-8,13-15H,4,6,9-12H2,1-3H3. The molecule has 0 aliphatic carbocycles. The third-order valence-electron chi connectivity index (χ3n) is 4.48. The lowest BCUT2D eigenvalue weighted by molar-refractivity contribution is -0.132. The summed E-state index contributed by atoms with van der Waals surface area (Å²) in [6.07, 6.45) is 3.56. The molecule has 0 N–H and O–H groups in total. The Hall–Kier alpha value is -1.64. The van der Waals surface area contributed by atoms with Crippen LogP contribution in [0.4, 0.5) is 0 Å². The van der Waals surface area contributed by atoms with E-state index in [1.165, 1.54) is 5.56 Å². The zero-order chi connectivity index (χ0) is 16.1. The lowest BCUT2D eigenvalue weighted by atomic mass is 9.87. The molecule has 120 valence electrons. The molecule has 0 saturated carbocycles. The average molecular weight is 301 g/mol. The first-order valence-electron chi connectivity index (χ1n) is 8.44. The minimum atomic E-state index is 0.0313. The highest BCUT2D eigenvalue weighted by molar-refractivity contribution is 5.97. The number of carbonyl (C=O) groups excluding carboxylic acids is 2. The van der Waals surface area contributed by atoms with Gasteiger partial charge in [0.2, 0.25) is 5.91 Å². The van der Waals surface area contributed by atoms with Crippen molar-refractivity contribution in [2.24, 2.45) is 5.92 Å². The zero-order valence-electron chi connectivity index (χ0n) is 14.0. The molecule has 1 saturated heterocycles. The summed E-state index contributed by atoms with van der Waals surface area (Å²) < 4.78 is 0. The highest BCUT2D eigenvalue weighted by Gasteiger charge is 2.23. The first-order chi connectivity index (χ1) is 10.5. The molecule has 1 fully saturated rings. The lowest BCUT2D eigenvalue weighted by Gasteiger charge is -2.32. The third-order valence-corrected chi connectivity index (χ3v) is 4.48. The highest BCUT2D eigenvalue weighted by Crippen LogP contribution is 2.29. The predicted octanol–water partition coefficient (Wildman–Crippen LogP) is 4.03. The third kappa shape index (κ3) is 3.96. The van der Waals surface area contributed by atoms with Crippen LogP contribution in [0.5, 0.6) is 0 Å². The van der Waals surface area contributed by atoms with Crippen LogP contribution in [0.2, 0.25) is 0 Å². The van der Waals surface area contributed by atoms with Crippen molar-refractivity contribution in [3.8, 4) is 0 Å². The topological polar surface area (TPSA) is 37.4 Å². The number of benzene rings is 1. The van der Waals surface area contributed by atoms with E-state index in [1.807, 2.05) is 37.8 Å². The molecule has 22 heavy (non-hydrogen) atoms. The van der Waals surface area contributed by atoms with Crippen LogP contribution in [-0.4, -0.2) is 29.7 Å². The van der Waals surface area contributed by atoms with Crippen molar-refractivity contribution in [2.75, 3.05) is 13.1 Å². The molecule has 0 atom stereocenters. The number of rotatable bonds is 5. The summed E-state index contributed by atoms with van der Waals surface area (Å²) in [5, 5.41) is 0. The van der Waals surface area contributed by atoms with Gasteiger partial charge in [0.05, 0.1) is 0 Å². The Balaban J connectivity index is 2.01. The van der Waals surface area contributed by atoms with Crippen molar-refractivity contribution in [1.29, 1.82) is 0 Å². The summed E-state index contributed by atoms with van der Waals surface area (Å²) in [5.41, 5.74) is 2.06. The Morgan fingerprint density at radius 2 is 1.91 bits per heavy atom. The van der Waals surface area contributed by atoms with Crippen molar-refractivity contribution in [1.82, 2.24) is 4.90 Å². The van der Waals surface area contributed by atoms with E-state index in [2.05, 4.69) is 12.1 Å². The maximum absolute atomic E-state index is 12.1. The van der Waals surface area contributed by atoms with E-state index in [1.54, 1.807) is 0 Å². The molecule has 1 aromatic rings. The molecule has 1 aromatic carbocycles. The van der Waals surface area contributed by atoms with E-state index in [0.29, 0.717) is 12.3 Å². The van der Waals surface area contributed by atoms with Gasteiger partial charge in [0.1, 0.15) is 0 Å². The molecule has 1 heterocycles. The van der Waals surface area contributed by atoms with Gasteiger partial charge in [0.25, 0.3) is 0 Å². The van der Waals surface area contributed by atoms with Gasteiger partial charge in [-0.25, -0.2) is 0 Å². The lowest BCUT2D eigenvalue weighted by Crippen LogP contribution is -2.37. The molecule has 2 rings (SSSR count). The van der Waals surface area contributed by atoms with Crippen LogP contribution in [-0.2, 0) is 4.79 Å². The highest BCUT2D eigenvalue weighted by atomic mass is 16.2. The summed E-state index contributed by atoms with van der Waals surface area (Å²) in [4.78, 5) is 26.1. The largest absolute Gasteiger partial charge is 0.343 e. The van der Waals surface area contributed by atoms with Crippen LogP contribution in [0.3, 0.4) is 0 Å². The number of hydrogen-bond donors (Lipinski definition) is 0. The summed E-state index contributed by atoms with van der Waals surface area (Å²) in [5.74, 6) is 0.983. The maximum Gasteiger partial charge on any atom is 0.222 e. The van der Waals surface area contributed by atoms with E-state index in [9.17, 15) is 9.59 Å². The van der Waals surface area contributed by atoms with Crippen molar-refractivity contribution in [3.05, 3.63) is 35.4 Å². The van der Waals surface area contributed by atoms with Gasteiger partial charge in [-0.2, -0.15) is 0 Å². The number of nitrogens with zero attached hydrogens (tertiary/aromatic N) is 1. The number of amides is 1. The molecule has 3 nitrogen and oxygen atoms in total. The molecule has 0 unspecified atom stereocenters. The minimum absolute atomic E-state index is 0.0313. The van der Waals surface area contributed by atoms with E-state index in [0.717, 1.165) is 37.9 Å². The van der Waals surface area contributed by atoms with E-state index in [4.69, 9.17) is 0 Å². The molecule has 3 heteroatoms. The fourth-order valence-electron chi connectivity index (χ4n) is 3.11. The van der Waals surface area contributed by atoms with Crippen LogP contribution in [0.1, 0.15) is 68.3 Å². The normalized spacial score (nSPS) is 16.1. The Bertz CT molecular complexity index is 528. The first-order valence-corrected chi connectivity index (χ1v) is 8.44. The Morgan fingerprint density at radius 1 is 1.23 bits per heavy atom. The molecule has 1 aliphatic heterocycles. The fraction of sp³-hybridized carbons (Fsp3) is 0.579. The molecule has 0 radical (unpaired) electrons. The summed E-state index contributed by atoms with van der Waals surface area (Å²) in [7, 11) is 0. The SMILES string of the molecule is CCCC(=O)N1CCC(c2cccc(C(=O)C(C)C)c2)CC1. The van der Waals surface area contributed by atoms with Crippen molar-refractivity contribution < 1.29 is 9.59 Å². The molecular formula is C19H27NO2. The van der Waals surface area contributed by atoms with Crippen molar-refractivity contribution in [3.63, 3.8) is 0 Å². The monoisotopic (exact) mass is 301 g/mol. The number of likely N-dealkylation sites (tertiary alicyclic amines) is 1. The molecule has 1 amide bonds. The van der Waals surface area contributed by atoms with Gasteiger partial charge in [-0.3, -0.25) is 9.59 Å². The quantitative estimate of drug-likeness (QED) is 0.770. The average Bonchev–Trinajstić information content (AvgIpc) is 2.54. The van der Waals surface area contributed by atoms with Gasteiger partial charge in [0, 0.05) is 31.0 Å². The Labute approximate surface area is 133 Å². The van der Waals surface area contributed by atoms with Gasteiger partial charge in [-0.15, -0.1) is 0 Å². The second kappa shape index (κ2) is 7.57. The second-order valence-corrected chi connectivity index (χ2v) is 6.55. The van der Waals surface area contributed by atoms with Crippen molar-refractivity contribution in [2.45, 2.75) is 52.4 Å². The van der Waals surface area contributed by atoms with E-state index >= 15 is 0 Å². The first kappa shape index (κ1) is 16.7. The van der Waals surface area contributed by atoms with Gasteiger partial charge in [-0.05, 0) is 36.8 Å².